The number of hydrogen-bond acceptors (Lipinski definition) is 3. The second-order valence-electron chi connectivity index (χ2n) is 4.78. The van der Waals surface area contributed by atoms with Crippen LogP contribution >= 0.6 is 0 Å². The van der Waals surface area contributed by atoms with Crippen LogP contribution in [0.2, 0.25) is 0 Å². The van der Waals surface area contributed by atoms with E-state index in [4.69, 9.17) is 4.74 Å². The summed E-state index contributed by atoms with van der Waals surface area (Å²) in [6, 6.07) is 9.98. The largest absolute Gasteiger partial charge is 0.492 e. The van der Waals surface area contributed by atoms with Crippen molar-refractivity contribution in [3.8, 4) is 5.75 Å². The molecule has 1 heterocycles. The normalized spacial score (nSPS) is 20.6. The van der Waals surface area contributed by atoms with Crippen LogP contribution in [-0.2, 0) is 0 Å². The Balaban J connectivity index is 1.52. The van der Waals surface area contributed by atoms with Crippen LogP contribution in [0.25, 0.3) is 0 Å². The average molecular weight is 234 g/mol. The molecule has 0 bridgehead atoms. The van der Waals surface area contributed by atoms with E-state index in [0.29, 0.717) is 0 Å². The van der Waals surface area contributed by atoms with Gasteiger partial charge in [0, 0.05) is 13.1 Å². The quantitative estimate of drug-likeness (QED) is 0.757. The Morgan fingerprint density at radius 1 is 1.35 bits per heavy atom. The number of ether oxygens (including phenoxy) is 1. The molecule has 0 saturated carbocycles. The zero-order valence-corrected chi connectivity index (χ0v) is 10.6. The van der Waals surface area contributed by atoms with Gasteiger partial charge in [-0.3, -0.25) is 0 Å². The minimum Gasteiger partial charge on any atom is -0.492 e. The van der Waals surface area contributed by atoms with Gasteiger partial charge in [0.1, 0.15) is 12.4 Å². The van der Waals surface area contributed by atoms with Gasteiger partial charge < -0.3 is 15.0 Å². The number of rotatable bonds is 6. The van der Waals surface area contributed by atoms with Gasteiger partial charge in [0.15, 0.2) is 0 Å². The van der Waals surface area contributed by atoms with Crippen LogP contribution in [0, 0.1) is 5.92 Å². The lowest BCUT2D eigenvalue weighted by Crippen LogP contribution is -2.28. The molecule has 1 N–H and O–H groups in total. The maximum Gasteiger partial charge on any atom is 0.119 e. The molecule has 1 saturated heterocycles. The fourth-order valence-electron chi connectivity index (χ4n) is 2.26. The first kappa shape index (κ1) is 12.4. The summed E-state index contributed by atoms with van der Waals surface area (Å²) >= 11 is 0. The summed E-state index contributed by atoms with van der Waals surface area (Å²) in [5.74, 6) is 1.77. The highest BCUT2D eigenvalue weighted by atomic mass is 16.5. The van der Waals surface area contributed by atoms with Crippen molar-refractivity contribution in [3.05, 3.63) is 30.3 Å². The van der Waals surface area contributed by atoms with E-state index in [9.17, 15) is 0 Å². The molecule has 0 radical (unpaired) electrons. The first-order valence-corrected chi connectivity index (χ1v) is 6.42. The SMILES string of the molecule is CN1CCC(CNCCOc2ccccc2)C1. The molecular weight excluding hydrogens is 212 g/mol. The summed E-state index contributed by atoms with van der Waals surface area (Å²) in [7, 11) is 2.19. The van der Waals surface area contributed by atoms with E-state index in [1.807, 2.05) is 30.3 Å². The molecule has 3 heteroatoms. The van der Waals surface area contributed by atoms with E-state index in [1.165, 1.54) is 19.5 Å². The summed E-state index contributed by atoms with van der Waals surface area (Å²) in [6.45, 7) is 5.25. The summed E-state index contributed by atoms with van der Waals surface area (Å²) in [5.41, 5.74) is 0. The second kappa shape index (κ2) is 6.62. The molecule has 1 atom stereocenters. The maximum atomic E-state index is 5.62. The minimum absolute atomic E-state index is 0.743. The van der Waals surface area contributed by atoms with Gasteiger partial charge in [0.05, 0.1) is 0 Å². The van der Waals surface area contributed by atoms with Gasteiger partial charge in [-0.2, -0.15) is 0 Å². The average Bonchev–Trinajstić information content (AvgIpc) is 2.76. The minimum atomic E-state index is 0.743. The Morgan fingerprint density at radius 2 is 2.18 bits per heavy atom. The van der Waals surface area contributed by atoms with Crippen molar-refractivity contribution in [2.24, 2.45) is 5.92 Å². The third kappa shape index (κ3) is 4.36. The van der Waals surface area contributed by atoms with Crippen LogP contribution in [0.3, 0.4) is 0 Å². The number of nitrogens with zero attached hydrogens (tertiary/aromatic N) is 1. The van der Waals surface area contributed by atoms with Crippen molar-refractivity contribution in [2.45, 2.75) is 6.42 Å². The molecule has 1 fully saturated rings. The lowest BCUT2D eigenvalue weighted by Gasteiger charge is -2.12. The first-order valence-electron chi connectivity index (χ1n) is 6.42. The first-order chi connectivity index (χ1) is 8.34. The highest BCUT2D eigenvalue weighted by molar-refractivity contribution is 5.20. The molecule has 0 amide bonds. The molecule has 0 aliphatic carbocycles. The summed E-state index contributed by atoms with van der Waals surface area (Å²) in [4.78, 5) is 2.40. The molecule has 1 aliphatic rings. The molecule has 94 valence electrons. The summed E-state index contributed by atoms with van der Waals surface area (Å²) in [6.07, 6.45) is 1.32. The Bertz CT molecular complexity index is 315. The standard InChI is InChI=1S/C14H22N2O/c1-16-9-7-13(12-16)11-15-8-10-17-14-5-3-2-4-6-14/h2-6,13,15H,7-12H2,1H3. The lowest BCUT2D eigenvalue weighted by molar-refractivity contribution is 0.307. The Labute approximate surface area is 104 Å². The number of benzene rings is 1. The maximum absolute atomic E-state index is 5.62. The smallest absolute Gasteiger partial charge is 0.119 e. The van der Waals surface area contributed by atoms with Gasteiger partial charge in [-0.05, 0) is 44.6 Å². The van der Waals surface area contributed by atoms with Crippen LogP contribution in [0.1, 0.15) is 6.42 Å². The second-order valence-corrected chi connectivity index (χ2v) is 4.78. The predicted molar refractivity (Wildman–Crippen MR) is 70.4 cm³/mol. The number of nitrogens with one attached hydrogen (secondary N) is 1. The van der Waals surface area contributed by atoms with E-state index in [1.54, 1.807) is 0 Å². The van der Waals surface area contributed by atoms with Crippen LogP contribution in [0.4, 0.5) is 0 Å². The van der Waals surface area contributed by atoms with Gasteiger partial charge in [-0.25, -0.2) is 0 Å². The van der Waals surface area contributed by atoms with Crippen molar-refractivity contribution >= 4 is 0 Å². The van der Waals surface area contributed by atoms with Crippen molar-refractivity contribution in [3.63, 3.8) is 0 Å². The van der Waals surface area contributed by atoms with Crippen molar-refractivity contribution < 1.29 is 4.74 Å². The van der Waals surface area contributed by atoms with E-state index in [0.717, 1.165) is 31.4 Å². The fraction of sp³-hybridized carbons (Fsp3) is 0.571. The monoisotopic (exact) mass is 234 g/mol. The highest BCUT2D eigenvalue weighted by Gasteiger charge is 2.18. The van der Waals surface area contributed by atoms with Gasteiger partial charge >= 0.3 is 0 Å². The molecule has 1 aromatic rings. The molecule has 0 spiro atoms. The van der Waals surface area contributed by atoms with E-state index < -0.39 is 0 Å². The van der Waals surface area contributed by atoms with E-state index >= 15 is 0 Å². The highest BCUT2D eigenvalue weighted by Crippen LogP contribution is 2.12. The van der Waals surface area contributed by atoms with Gasteiger partial charge in [0.25, 0.3) is 0 Å². The van der Waals surface area contributed by atoms with Crippen LogP contribution in [0.15, 0.2) is 30.3 Å². The molecule has 17 heavy (non-hydrogen) atoms. The lowest BCUT2D eigenvalue weighted by atomic mass is 10.1. The zero-order chi connectivity index (χ0) is 11.9. The molecule has 1 unspecified atom stereocenters. The van der Waals surface area contributed by atoms with Crippen molar-refractivity contribution in [1.29, 1.82) is 0 Å². The summed E-state index contributed by atoms with van der Waals surface area (Å²) in [5, 5.41) is 3.47. The fourth-order valence-corrected chi connectivity index (χ4v) is 2.26. The van der Waals surface area contributed by atoms with Gasteiger partial charge in [-0.1, -0.05) is 18.2 Å². The number of para-hydroxylation sites is 1. The van der Waals surface area contributed by atoms with E-state index in [-0.39, 0.29) is 0 Å². The zero-order valence-electron chi connectivity index (χ0n) is 10.6. The van der Waals surface area contributed by atoms with Gasteiger partial charge in [0.2, 0.25) is 0 Å². The topological polar surface area (TPSA) is 24.5 Å². The predicted octanol–water partition coefficient (Wildman–Crippen LogP) is 1.61. The Kier molecular flexibility index (Phi) is 4.83. The van der Waals surface area contributed by atoms with Crippen LogP contribution in [0.5, 0.6) is 5.75 Å². The third-order valence-corrected chi connectivity index (χ3v) is 3.21. The van der Waals surface area contributed by atoms with Gasteiger partial charge in [-0.15, -0.1) is 0 Å². The molecule has 0 aromatic heterocycles. The Hall–Kier alpha value is -1.06. The van der Waals surface area contributed by atoms with Crippen molar-refractivity contribution in [1.82, 2.24) is 10.2 Å². The molecular formula is C14H22N2O. The Morgan fingerprint density at radius 3 is 2.88 bits per heavy atom. The molecule has 1 aromatic carbocycles. The number of likely N-dealkylation sites (tertiary alicyclic amines) is 1. The molecule has 1 aliphatic heterocycles. The summed E-state index contributed by atoms with van der Waals surface area (Å²) < 4.78 is 5.62. The third-order valence-electron chi connectivity index (χ3n) is 3.21. The molecule has 3 nitrogen and oxygen atoms in total. The van der Waals surface area contributed by atoms with E-state index in [2.05, 4.69) is 17.3 Å². The molecule has 2 rings (SSSR count). The van der Waals surface area contributed by atoms with Crippen LogP contribution in [-0.4, -0.2) is 44.7 Å². The van der Waals surface area contributed by atoms with Crippen LogP contribution < -0.4 is 10.1 Å². The number of hydrogen-bond donors (Lipinski definition) is 1. The van der Waals surface area contributed by atoms with Crippen molar-refractivity contribution in [2.75, 3.05) is 39.8 Å².